The molecule has 7 atom stereocenters. The van der Waals surface area contributed by atoms with E-state index >= 15 is 8.78 Å². The Hall–Kier alpha value is -7.46. The molecule has 3 aliphatic rings. The average molecular weight is 1280 g/mol. The largest absolute Gasteiger partial charge is 0.469 e. The second kappa shape index (κ2) is 29.7. The van der Waals surface area contributed by atoms with Crippen LogP contribution in [-0.2, 0) is 51.1 Å². The lowest BCUT2D eigenvalue weighted by atomic mass is 9.75. The molecule has 0 saturated carbocycles. The van der Waals surface area contributed by atoms with Crippen molar-refractivity contribution in [1.82, 2.24) is 40.4 Å². The monoisotopic (exact) mass is 1280 g/mol. The zero-order valence-electron chi connectivity index (χ0n) is 50.3. The fourth-order valence-electron chi connectivity index (χ4n) is 11.1. The summed E-state index contributed by atoms with van der Waals surface area (Å²) < 4.78 is 170. The van der Waals surface area contributed by atoms with Crippen molar-refractivity contribution in [2.75, 3.05) is 58.5 Å². The van der Waals surface area contributed by atoms with Crippen LogP contribution in [0.1, 0.15) is 101 Å². The molecule has 0 spiro atoms. The minimum atomic E-state index is -5.22. The van der Waals surface area contributed by atoms with Gasteiger partial charge in [-0.25, -0.2) is 33.2 Å². The summed E-state index contributed by atoms with van der Waals surface area (Å²) >= 11 is 0. The molecular weight excluding hydrogens is 1210 g/mol. The summed E-state index contributed by atoms with van der Waals surface area (Å²) in [7, 11) is 1.67. The van der Waals surface area contributed by atoms with E-state index in [1.165, 1.54) is 12.1 Å². The Balaban J connectivity index is 1.29. The molecule has 2 amide bonds. The maximum Gasteiger partial charge on any atom is 0.407 e. The molecule has 4 aromatic rings. The Morgan fingerprint density at radius 2 is 1.43 bits per heavy atom. The van der Waals surface area contributed by atoms with Crippen molar-refractivity contribution < 1.29 is 86.8 Å². The van der Waals surface area contributed by atoms with Gasteiger partial charge in [0.2, 0.25) is 11.9 Å². The van der Waals surface area contributed by atoms with Crippen LogP contribution in [0, 0.1) is 46.1 Å². The zero-order valence-corrected chi connectivity index (χ0v) is 50.3. The van der Waals surface area contributed by atoms with Gasteiger partial charge in [0.25, 0.3) is 0 Å². The van der Waals surface area contributed by atoms with E-state index < -0.39 is 139 Å². The van der Waals surface area contributed by atoms with Gasteiger partial charge in [0.05, 0.1) is 74.4 Å². The van der Waals surface area contributed by atoms with E-state index in [0.717, 1.165) is 65.6 Å². The molecule has 6 N–H and O–H groups in total. The van der Waals surface area contributed by atoms with Crippen LogP contribution in [0.3, 0.4) is 0 Å². The Kier molecular flexibility index (Phi) is 23.1. The van der Waals surface area contributed by atoms with Crippen molar-refractivity contribution in [3.8, 4) is 23.1 Å². The number of aromatic nitrogens is 4. The molecule has 5 heterocycles. The lowest BCUT2D eigenvalue weighted by Crippen LogP contribution is -2.62. The van der Waals surface area contributed by atoms with Gasteiger partial charge >= 0.3 is 36.9 Å². The Morgan fingerprint density at radius 3 is 1.97 bits per heavy atom. The number of hydrogen-bond acceptors (Lipinski definition) is 17. The number of rotatable bonds is 27. The third kappa shape index (κ3) is 17.1. The molecule has 0 aliphatic carbocycles. The number of nitrogens with two attached hydrogens (primary N) is 2. The number of carbonyl (C=O) groups excluding carboxylic acids is 5. The number of hydrazine groups is 1. The van der Waals surface area contributed by atoms with E-state index in [-0.39, 0.29) is 40.9 Å². The number of alkyl halides is 8. The third-order valence-corrected chi connectivity index (χ3v) is 16.8. The number of esters is 2. The van der Waals surface area contributed by atoms with E-state index in [4.69, 9.17) is 20.9 Å². The number of anilines is 1. The van der Waals surface area contributed by atoms with Crippen molar-refractivity contribution in [3.05, 3.63) is 94.9 Å². The molecule has 0 radical (unpaired) electrons. The van der Waals surface area contributed by atoms with Crippen molar-refractivity contribution in [2.24, 2.45) is 34.1 Å². The number of ketones is 1. The summed E-state index contributed by atoms with van der Waals surface area (Å²) in [5.74, 6) is -5.73. The lowest BCUT2D eigenvalue weighted by molar-refractivity contribution is -0.231. The third-order valence-electron chi connectivity index (χ3n) is 16.8. The first-order valence-corrected chi connectivity index (χ1v) is 29.0. The van der Waals surface area contributed by atoms with Gasteiger partial charge < -0.3 is 40.6 Å². The van der Waals surface area contributed by atoms with E-state index in [0.29, 0.717) is 86.5 Å². The number of ether oxygens (including phenoxy) is 4. The second-order valence-corrected chi connectivity index (χ2v) is 23.7. The van der Waals surface area contributed by atoms with Crippen LogP contribution in [0.5, 0.6) is 0 Å². The molecule has 3 saturated heterocycles. The van der Waals surface area contributed by atoms with Crippen LogP contribution in [0.15, 0.2) is 61.1 Å². The van der Waals surface area contributed by atoms with Crippen LogP contribution >= 0.6 is 0 Å². The van der Waals surface area contributed by atoms with Crippen LogP contribution in [0.25, 0.3) is 11.3 Å². The summed E-state index contributed by atoms with van der Waals surface area (Å²) in [5, 5.41) is 6.18. The Labute approximate surface area is 513 Å². The van der Waals surface area contributed by atoms with Crippen LogP contribution in [0.4, 0.5) is 54.6 Å². The van der Waals surface area contributed by atoms with Gasteiger partial charge in [0.15, 0.2) is 5.78 Å². The minimum Gasteiger partial charge on any atom is -0.469 e. The maximum absolute atomic E-state index is 16.5. The highest BCUT2D eigenvalue weighted by molar-refractivity contribution is 5.89. The number of hydrogen-bond donors (Lipinski definition) is 4. The van der Waals surface area contributed by atoms with Crippen molar-refractivity contribution in [2.45, 2.75) is 141 Å². The molecule has 90 heavy (non-hydrogen) atoms. The number of amides is 2. The summed E-state index contributed by atoms with van der Waals surface area (Å²) in [6.45, 7) is 0.195. The van der Waals surface area contributed by atoms with Crippen molar-refractivity contribution in [1.29, 1.82) is 0 Å². The van der Waals surface area contributed by atoms with Gasteiger partial charge in [-0.05, 0) is 88.4 Å². The fraction of sp³-hybridized carbons (Fsp3) is 0.567. The smallest absolute Gasteiger partial charge is 0.407 e. The van der Waals surface area contributed by atoms with Crippen molar-refractivity contribution >= 4 is 35.7 Å². The lowest BCUT2D eigenvalue weighted by Gasteiger charge is -2.47. The molecule has 20 nitrogen and oxygen atoms in total. The van der Waals surface area contributed by atoms with Gasteiger partial charge in [-0.1, -0.05) is 44.2 Å². The number of Topliss-reactive ketones (excluding diaryl/α,β-unsaturated/α-hetero) is 1. The highest BCUT2D eigenvalue weighted by Gasteiger charge is 2.57. The predicted molar refractivity (Wildman–Crippen MR) is 304 cm³/mol. The highest BCUT2D eigenvalue weighted by Crippen LogP contribution is 2.46. The molecule has 2 aromatic carbocycles. The first-order valence-electron chi connectivity index (χ1n) is 29.0. The number of benzene rings is 2. The zero-order chi connectivity index (χ0) is 66.0. The van der Waals surface area contributed by atoms with Gasteiger partial charge in [-0.15, -0.1) is 0 Å². The second-order valence-electron chi connectivity index (χ2n) is 23.7. The first-order chi connectivity index (χ1) is 42.3. The van der Waals surface area contributed by atoms with Gasteiger partial charge in [-0.3, -0.25) is 29.5 Å². The minimum absolute atomic E-state index is 0.0779. The summed E-state index contributed by atoms with van der Waals surface area (Å²) in [4.78, 5) is 82.8. The Morgan fingerprint density at radius 1 is 0.822 bits per heavy atom. The number of carbonyl (C=O) groups is 5. The average Bonchev–Trinajstić information content (AvgIpc) is 1.49. The van der Waals surface area contributed by atoms with E-state index in [1.807, 2.05) is 5.32 Å². The van der Waals surface area contributed by atoms with Crippen LogP contribution < -0.4 is 27.1 Å². The number of alkyl carbamates (subject to hydrolysis) is 1. The topological polar surface area (TPSA) is 252 Å². The SMILES string of the molecule is COC(=O)C[C@H](C(=O)NN(Cc1c(F)cc(-c2ccn(C(F)F)n2)cc1F)C[C@H](OC(=O)[C@@H](N)CCCCN)[C@@H](CC(=O)[C@@H](NC(=O)OC)C(C)(C)C(F)(F)F)Cc1ccc(C#Cc2cnc(N3CC4CCC(C3)N4C3COC3)nc2)cc1)C(C)(C)C(F)(F)F. The first kappa shape index (κ1) is 70.0. The van der Waals surface area contributed by atoms with Gasteiger partial charge in [-0.2, -0.15) is 40.2 Å². The molecule has 3 fully saturated rings. The normalized spacial score (nSPS) is 18.2. The quantitative estimate of drug-likeness (QED) is 0.0112. The standard InChI is InChI=1S/C60H73F10N11O9/c1-57(2,59(65,66)67)43(25-50(83)87-5)52(84)77-79(30-42-44(61)22-37(23-45(42)62)47-18-20-80(76-47)54(63)64)31-49(90-53(85)46(72)9-7-8-19-71)38(24-48(82)51(75-56(86)88-6)58(3,4)60(68,69)70)21-35-13-10-34(11-14-35)12-15-36-26-73-55(74-27-36)78-28-39-16-17-40(29-78)81(39)41-32-89-33-41/h10-11,13-14,18,20,22-23,26-27,38-41,43,46,49,51,54H,7-9,16-17,19,21,24-25,28-33,71-72H2,1-6H3,(H,75,86)(H,77,84)/t38-,39?,40?,43-,46+,49+,51-/m1/s1. The van der Waals surface area contributed by atoms with Crippen LogP contribution in [0.2, 0.25) is 0 Å². The van der Waals surface area contributed by atoms with E-state index in [2.05, 4.69) is 51.6 Å². The number of halogens is 10. The molecule has 3 aliphatic heterocycles. The number of nitrogens with zero attached hydrogens (tertiary/aromatic N) is 7. The molecule has 492 valence electrons. The highest BCUT2D eigenvalue weighted by atomic mass is 19.4. The van der Waals surface area contributed by atoms with Crippen molar-refractivity contribution in [3.63, 3.8) is 0 Å². The number of piperazine rings is 1. The van der Waals surface area contributed by atoms with Gasteiger partial charge in [0.1, 0.15) is 29.8 Å². The number of nitrogens with one attached hydrogen (secondary N) is 2. The summed E-state index contributed by atoms with van der Waals surface area (Å²) in [6, 6.07) is 5.71. The molecule has 2 aromatic heterocycles. The summed E-state index contributed by atoms with van der Waals surface area (Å²) in [5.41, 5.74) is 7.57. The summed E-state index contributed by atoms with van der Waals surface area (Å²) in [6.07, 6.45) is -9.86. The number of methoxy groups -OCH3 is 2. The molecular formula is C60H73F10N11O9. The Bertz CT molecular complexity index is 3170. The maximum atomic E-state index is 16.5. The fourth-order valence-corrected chi connectivity index (χ4v) is 11.1. The molecule has 2 unspecified atom stereocenters. The van der Waals surface area contributed by atoms with E-state index in [1.54, 1.807) is 24.5 Å². The van der Waals surface area contributed by atoms with Crippen LogP contribution in [-0.4, -0.2) is 162 Å². The van der Waals surface area contributed by atoms with Gasteiger partial charge in [0, 0.05) is 79.3 Å². The molecule has 7 rings (SSSR count). The number of unbranched alkanes of at least 4 members (excludes halogenated alkanes) is 1. The molecule has 30 heteroatoms. The molecule has 2 bridgehead atoms. The number of fused-ring (bicyclic) bond motifs is 2. The predicted octanol–water partition coefficient (Wildman–Crippen LogP) is 7.57. The van der Waals surface area contributed by atoms with E-state index in [9.17, 15) is 59.1 Å².